The molecule has 3 N–H and O–H groups in total. The lowest BCUT2D eigenvalue weighted by molar-refractivity contribution is 0.130. The quantitative estimate of drug-likeness (QED) is 0.859. The molecule has 2 rings (SSSR count). The van der Waals surface area contributed by atoms with Gasteiger partial charge in [-0.25, -0.2) is 0 Å². The Morgan fingerprint density at radius 3 is 2.38 bits per heavy atom. The minimum atomic E-state index is -0.247. The van der Waals surface area contributed by atoms with Crippen molar-refractivity contribution in [2.75, 3.05) is 0 Å². The minimum absolute atomic E-state index is 0. The predicted octanol–water partition coefficient (Wildman–Crippen LogP) is 4.57. The number of hydrogen-bond acceptors (Lipinski definition) is 3. The number of ether oxygens (including phenoxy) is 1. The molecule has 0 aliphatic heterocycles. The van der Waals surface area contributed by atoms with Crippen LogP contribution in [0.1, 0.15) is 64.5 Å². The second kappa shape index (κ2) is 7.37. The number of phenols is 1. The third kappa shape index (κ3) is 5.08. The van der Waals surface area contributed by atoms with E-state index in [9.17, 15) is 5.11 Å². The van der Waals surface area contributed by atoms with Crippen LogP contribution in [0.2, 0.25) is 0 Å². The van der Waals surface area contributed by atoms with E-state index in [1.165, 1.54) is 19.3 Å². The molecule has 0 unspecified atom stereocenters. The third-order valence-electron chi connectivity index (χ3n) is 3.94. The van der Waals surface area contributed by atoms with Gasteiger partial charge in [-0.15, -0.1) is 12.4 Å². The van der Waals surface area contributed by atoms with E-state index in [-0.39, 0.29) is 29.8 Å². The molecule has 1 aromatic rings. The SMILES string of the molecule is CC(C)(C)Oc1ccc(O)c([C@@H](N)C2CCCCC2)c1.Cl. The van der Waals surface area contributed by atoms with E-state index < -0.39 is 0 Å². The predicted molar refractivity (Wildman–Crippen MR) is 89.2 cm³/mol. The van der Waals surface area contributed by atoms with Crippen LogP contribution in [0.5, 0.6) is 11.5 Å². The Kier molecular flexibility index (Phi) is 6.36. The molecule has 21 heavy (non-hydrogen) atoms. The molecule has 1 atom stereocenters. The van der Waals surface area contributed by atoms with E-state index in [0.717, 1.165) is 24.2 Å². The summed E-state index contributed by atoms with van der Waals surface area (Å²) in [5.41, 5.74) is 6.96. The fourth-order valence-corrected chi connectivity index (χ4v) is 2.96. The molecule has 1 aromatic carbocycles. The van der Waals surface area contributed by atoms with Crippen LogP contribution in [-0.4, -0.2) is 10.7 Å². The summed E-state index contributed by atoms with van der Waals surface area (Å²) in [7, 11) is 0. The number of aromatic hydroxyl groups is 1. The Hall–Kier alpha value is -0.930. The average Bonchev–Trinajstić information content (AvgIpc) is 2.40. The van der Waals surface area contributed by atoms with Crippen molar-refractivity contribution in [3.05, 3.63) is 23.8 Å². The van der Waals surface area contributed by atoms with Gasteiger partial charge in [0.25, 0.3) is 0 Å². The zero-order chi connectivity index (χ0) is 14.8. The molecular formula is C17H28ClNO2. The normalized spacial score (nSPS) is 17.9. The van der Waals surface area contributed by atoms with E-state index >= 15 is 0 Å². The highest BCUT2D eigenvalue weighted by atomic mass is 35.5. The molecule has 3 nitrogen and oxygen atoms in total. The molecule has 1 fully saturated rings. The fourth-order valence-electron chi connectivity index (χ4n) is 2.96. The summed E-state index contributed by atoms with van der Waals surface area (Å²) in [5, 5.41) is 10.1. The van der Waals surface area contributed by atoms with Gasteiger partial charge in [0.1, 0.15) is 17.1 Å². The Morgan fingerprint density at radius 1 is 1.19 bits per heavy atom. The van der Waals surface area contributed by atoms with Crippen LogP contribution in [0.25, 0.3) is 0 Å². The molecule has 0 heterocycles. The van der Waals surface area contributed by atoms with Crippen molar-refractivity contribution in [2.45, 2.75) is 64.5 Å². The summed E-state index contributed by atoms with van der Waals surface area (Å²) < 4.78 is 5.87. The van der Waals surface area contributed by atoms with Gasteiger partial charge in [0.2, 0.25) is 0 Å². The molecule has 0 aromatic heterocycles. The highest BCUT2D eigenvalue weighted by Crippen LogP contribution is 2.37. The van der Waals surface area contributed by atoms with Crippen LogP contribution in [0.3, 0.4) is 0 Å². The highest BCUT2D eigenvalue weighted by molar-refractivity contribution is 5.85. The molecule has 0 spiro atoms. The van der Waals surface area contributed by atoms with Crippen molar-refractivity contribution >= 4 is 12.4 Å². The first kappa shape index (κ1) is 18.1. The first-order valence-electron chi connectivity index (χ1n) is 7.64. The van der Waals surface area contributed by atoms with Crippen LogP contribution < -0.4 is 10.5 Å². The van der Waals surface area contributed by atoms with Gasteiger partial charge in [0, 0.05) is 11.6 Å². The van der Waals surface area contributed by atoms with Gasteiger partial charge in [-0.3, -0.25) is 0 Å². The lowest BCUT2D eigenvalue weighted by Gasteiger charge is -2.29. The zero-order valence-electron chi connectivity index (χ0n) is 13.3. The molecule has 0 radical (unpaired) electrons. The van der Waals surface area contributed by atoms with Crippen molar-refractivity contribution in [1.82, 2.24) is 0 Å². The van der Waals surface area contributed by atoms with Crippen molar-refractivity contribution in [1.29, 1.82) is 0 Å². The van der Waals surface area contributed by atoms with Crippen LogP contribution >= 0.6 is 12.4 Å². The highest BCUT2D eigenvalue weighted by Gasteiger charge is 2.24. The smallest absolute Gasteiger partial charge is 0.120 e. The molecule has 1 aliphatic rings. The average molecular weight is 314 g/mol. The molecule has 0 bridgehead atoms. The lowest BCUT2D eigenvalue weighted by Crippen LogP contribution is -2.25. The fraction of sp³-hybridized carbons (Fsp3) is 0.647. The van der Waals surface area contributed by atoms with Crippen LogP contribution in [-0.2, 0) is 0 Å². The number of benzene rings is 1. The summed E-state index contributed by atoms with van der Waals surface area (Å²) in [6.45, 7) is 6.04. The number of phenolic OH excluding ortho intramolecular Hbond substituents is 1. The van der Waals surface area contributed by atoms with Crippen molar-refractivity contribution in [3.63, 3.8) is 0 Å². The molecule has 120 valence electrons. The van der Waals surface area contributed by atoms with Gasteiger partial charge in [-0.05, 0) is 57.7 Å². The maximum Gasteiger partial charge on any atom is 0.120 e. The number of rotatable bonds is 3. The van der Waals surface area contributed by atoms with Crippen molar-refractivity contribution < 1.29 is 9.84 Å². The van der Waals surface area contributed by atoms with Gasteiger partial charge >= 0.3 is 0 Å². The van der Waals surface area contributed by atoms with Gasteiger partial charge in [0.05, 0.1) is 0 Å². The number of hydrogen-bond donors (Lipinski definition) is 2. The third-order valence-corrected chi connectivity index (χ3v) is 3.94. The standard InChI is InChI=1S/C17H27NO2.ClH/c1-17(2,3)20-13-9-10-15(19)14(11-13)16(18)12-7-5-4-6-8-12;/h9-12,16,19H,4-8,18H2,1-3H3;1H/t16-;/m0./s1. The second-order valence-electron chi connectivity index (χ2n) is 6.86. The summed E-state index contributed by atoms with van der Waals surface area (Å²) in [6, 6.07) is 5.30. The zero-order valence-corrected chi connectivity index (χ0v) is 14.1. The summed E-state index contributed by atoms with van der Waals surface area (Å²) >= 11 is 0. The first-order valence-corrected chi connectivity index (χ1v) is 7.64. The minimum Gasteiger partial charge on any atom is -0.508 e. The van der Waals surface area contributed by atoms with E-state index in [1.807, 2.05) is 26.8 Å². The van der Waals surface area contributed by atoms with Crippen LogP contribution in [0, 0.1) is 5.92 Å². The van der Waals surface area contributed by atoms with E-state index in [2.05, 4.69) is 0 Å². The van der Waals surface area contributed by atoms with Crippen molar-refractivity contribution in [2.24, 2.45) is 11.7 Å². The van der Waals surface area contributed by atoms with Crippen molar-refractivity contribution in [3.8, 4) is 11.5 Å². The van der Waals surface area contributed by atoms with E-state index in [1.54, 1.807) is 12.1 Å². The maximum absolute atomic E-state index is 10.1. The molecule has 4 heteroatoms. The first-order chi connectivity index (χ1) is 9.37. The Balaban J connectivity index is 0.00000220. The lowest BCUT2D eigenvalue weighted by atomic mass is 9.81. The van der Waals surface area contributed by atoms with Gasteiger partial charge in [0.15, 0.2) is 0 Å². The second-order valence-corrected chi connectivity index (χ2v) is 6.86. The van der Waals surface area contributed by atoms with Crippen LogP contribution in [0.15, 0.2) is 18.2 Å². The number of halogens is 1. The molecule has 1 aliphatic carbocycles. The molecule has 0 amide bonds. The van der Waals surface area contributed by atoms with E-state index in [4.69, 9.17) is 10.5 Å². The maximum atomic E-state index is 10.1. The summed E-state index contributed by atoms with van der Waals surface area (Å²) in [6.07, 6.45) is 6.12. The molecule has 0 saturated heterocycles. The van der Waals surface area contributed by atoms with Gasteiger partial charge < -0.3 is 15.6 Å². The Morgan fingerprint density at radius 2 is 1.81 bits per heavy atom. The monoisotopic (exact) mass is 313 g/mol. The Labute approximate surface area is 134 Å². The van der Waals surface area contributed by atoms with E-state index in [0.29, 0.717) is 5.92 Å². The topological polar surface area (TPSA) is 55.5 Å². The molecule has 1 saturated carbocycles. The summed E-state index contributed by atoms with van der Waals surface area (Å²) in [5.74, 6) is 1.53. The van der Waals surface area contributed by atoms with Gasteiger partial charge in [-0.1, -0.05) is 19.3 Å². The number of nitrogens with two attached hydrogens (primary N) is 1. The summed E-state index contributed by atoms with van der Waals surface area (Å²) in [4.78, 5) is 0. The largest absolute Gasteiger partial charge is 0.508 e. The van der Waals surface area contributed by atoms with Gasteiger partial charge in [-0.2, -0.15) is 0 Å². The van der Waals surface area contributed by atoms with Crippen LogP contribution in [0.4, 0.5) is 0 Å². The Bertz CT molecular complexity index is 451. The molecular weight excluding hydrogens is 286 g/mol.